The second-order valence-corrected chi connectivity index (χ2v) is 3.34. The molecular formula is C8H8BrNO2. The molecule has 0 radical (unpaired) electrons. The number of hydrogen-bond donors (Lipinski definition) is 1. The molecule has 1 aromatic heterocycles. The highest BCUT2D eigenvalue weighted by Gasteiger charge is 2.02. The average molecular weight is 230 g/mol. The molecule has 0 atom stereocenters. The fourth-order valence-corrected chi connectivity index (χ4v) is 1.53. The standard InChI is InChI=1S/C8H8BrNO2/c1-5-2-6(4-8(11)12)10-7(9)3-5/h2-3H,4H2,1H3,(H,11,12). The Balaban J connectivity index is 2.93. The average Bonchev–Trinajstić information content (AvgIpc) is 1.81. The second-order valence-electron chi connectivity index (χ2n) is 2.53. The zero-order chi connectivity index (χ0) is 9.14. The number of rotatable bonds is 2. The lowest BCUT2D eigenvalue weighted by Crippen LogP contribution is -2.02. The number of carboxylic acids is 1. The van der Waals surface area contributed by atoms with Gasteiger partial charge < -0.3 is 5.11 Å². The van der Waals surface area contributed by atoms with Crippen LogP contribution in [-0.4, -0.2) is 16.1 Å². The molecule has 0 saturated heterocycles. The summed E-state index contributed by atoms with van der Waals surface area (Å²) in [5.41, 5.74) is 1.59. The summed E-state index contributed by atoms with van der Waals surface area (Å²) in [7, 11) is 0. The largest absolute Gasteiger partial charge is 0.481 e. The number of nitrogens with zero attached hydrogens (tertiary/aromatic N) is 1. The van der Waals surface area contributed by atoms with Gasteiger partial charge in [-0.2, -0.15) is 0 Å². The van der Waals surface area contributed by atoms with Crippen molar-refractivity contribution in [2.75, 3.05) is 0 Å². The number of hydrogen-bond acceptors (Lipinski definition) is 2. The van der Waals surface area contributed by atoms with Crippen molar-refractivity contribution < 1.29 is 9.90 Å². The zero-order valence-electron chi connectivity index (χ0n) is 6.54. The number of carbonyl (C=O) groups is 1. The van der Waals surface area contributed by atoms with Gasteiger partial charge in [-0.1, -0.05) is 0 Å². The van der Waals surface area contributed by atoms with Gasteiger partial charge in [0.05, 0.1) is 12.1 Å². The monoisotopic (exact) mass is 229 g/mol. The van der Waals surface area contributed by atoms with E-state index in [0.29, 0.717) is 10.3 Å². The van der Waals surface area contributed by atoms with E-state index in [1.54, 1.807) is 6.07 Å². The molecule has 64 valence electrons. The summed E-state index contributed by atoms with van der Waals surface area (Å²) in [5, 5.41) is 8.49. The maximum Gasteiger partial charge on any atom is 0.309 e. The number of aromatic nitrogens is 1. The molecule has 0 fully saturated rings. The van der Waals surface area contributed by atoms with Gasteiger partial charge in [0.2, 0.25) is 0 Å². The van der Waals surface area contributed by atoms with E-state index in [1.165, 1.54) is 0 Å². The summed E-state index contributed by atoms with van der Waals surface area (Å²) >= 11 is 3.20. The van der Waals surface area contributed by atoms with Crippen LogP contribution < -0.4 is 0 Å². The molecule has 0 saturated carbocycles. The third kappa shape index (κ3) is 2.62. The molecule has 0 unspecified atom stereocenters. The Morgan fingerprint density at radius 3 is 2.83 bits per heavy atom. The molecule has 1 N–H and O–H groups in total. The first-order chi connectivity index (χ1) is 5.58. The molecule has 0 aromatic carbocycles. The Bertz CT molecular complexity index is 292. The van der Waals surface area contributed by atoms with Crippen LogP contribution in [0.25, 0.3) is 0 Å². The van der Waals surface area contributed by atoms with E-state index < -0.39 is 5.97 Å². The van der Waals surface area contributed by atoms with Crippen LogP contribution in [0.4, 0.5) is 0 Å². The van der Waals surface area contributed by atoms with Gasteiger partial charge in [-0.05, 0) is 40.5 Å². The van der Waals surface area contributed by atoms with E-state index in [-0.39, 0.29) is 6.42 Å². The first-order valence-electron chi connectivity index (χ1n) is 3.43. The van der Waals surface area contributed by atoms with E-state index in [2.05, 4.69) is 20.9 Å². The van der Waals surface area contributed by atoms with Gasteiger partial charge in [-0.25, -0.2) is 4.98 Å². The van der Waals surface area contributed by atoms with Gasteiger partial charge >= 0.3 is 5.97 Å². The van der Waals surface area contributed by atoms with Crippen molar-refractivity contribution in [3.05, 3.63) is 28.0 Å². The maximum atomic E-state index is 10.3. The number of aliphatic carboxylic acids is 1. The van der Waals surface area contributed by atoms with Gasteiger partial charge in [-0.3, -0.25) is 4.79 Å². The van der Waals surface area contributed by atoms with Crippen molar-refractivity contribution in [2.24, 2.45) is 0 Å². The number of pyridine rings is 1. The van der Waals surface area contributed by atoms with Crippen LogP contribution in [0.15, 0.2) is 16.7 Å². The lowest BCUT2D eigenvalue weighted by Gasteiger charge is -1.99. The summed E-state index contributed by atoms with van der Waals surface area (Å²) < 4.78 is 0.679. The zero-order valence-corrected chi connectivity index (χ0v) is 8.13. The molecule has 0 bridgehead atoms. The highest BCUT2D eigenvalue weighted by molar-refractivity contribution is 9.10. The molecule has 1 heterocycles. The number of aryl methyl sites for hydroxylation is 1. The molecule has 3 nitrogen and oxygen atoms in total. The Kier molecular flexibility index (Phi) is 2.81. The van der Waals surface area contributed by atoms with Crippen molar-refractivity contribution >= 4 is 21.9 Å². The molecule has 0 spiro atoms. The topological polar surface area (TPSA) is 50.2 Å². The molecule has 4 heteroatoms. The van der Waals surface area contributed by atoms with Gasteiger partial charge in [0.15, 0.2) is 0 Å². The van der Waals surface area contributed by atoms with Gasteiger partial charge in [0.25, 0.3) is 0 Å². The predicted molar refractivity (Wildman–Crippen MR) is 48.0 cm³/mol. The summed E-state index contributed by atoms with van der Waals surface area (Å²) in [4.78, 5) is 14.3. The van der Waals surface area contributed by atoms with Crippen molar-refractivity contribution in [3.63, 3.8) is 0 Å². The fourth-order valence-electron chi connectivity index (χ4n) is 0.940. The number of halogens is 1. The van der Waals surface area contributed by atoms with Gasteiger partial charge in [0.1, 0.15) is 4.60 Å². The van der Waals surface area contributed by atoms with Crippen LogP contribution in [0.5, 0.6) is 0 Å². The Labute approximate surface area is 78.6 Å². The summed E-state index contributed by atoms with van der Waals surface area (Å²) in [5.74, 6) is -0.861. The molecule has 0 aliphatic rings. The minimum Gasteiger partial charge on any atom is -0.481 e. The van der Waals surface area contributed by atoms with Crippen LogP contribution in [-0.2, 0) is 11.2 Å². The number of carboxylic acid groups (broad SMARTS) is 1. The third-order valence-corrected chi connectivity index (χ3v) is 1.73. The summed E-state index contributed by atoms with van der Waals surface area (Å²) in [6, 6.07) is 3.60. The molecular weight excluding hydrogens is 222 g/mol. The van der Waals surface area contributed by atoms with Gasteiger partial charge in [0, 0.05) is 0 Å². The predicted octanol–water partition coefficient (Wildman–Crippen LogP) is 1.78. The Morgan fingerprint density at radius 2 is 2.33 bits per heavy atom. The molecule has 0 aliphatic carbocycles. The fraction of sp³-hybridized carbons (Fsp3) is 0.250. The van der Waals surface area contributed by atoms with Crippen molar-refractivity contribution in [1.82, 2.24) is 4.98 Å². The summed E-state index contributed by atoms with van der Waals surface area (Å²) in [6.07, 6.45) is -0.0275. The molecule has 0 amide bonds. The van der Waals surface area contributed by atoms with Crippen molar-refractivity contribution in [3.8, 4) is 0 Å². The van der Waals surface area contributed by atoms with Gasteiger partial charge in [-0.15, -0.1) is 0 Å². The van der Waals surface area contributed by atoms with Crippen LogP contribution >= 0.6 is 15.9 Å². The van der Waals surface area contributed by atoms with E-state index in [4.69, 9.17) is 5.11 Å². The SMILES string of the molecule is Cc1cc(Br)nc(CC(=O)O)c1. The van der Waals surface area contributed by atoms with E-state index in [1.807, 2.05) is 13.0 Å². The van der Waals surface area contributed by atoms with E-state index >= 15 is 0 Å². The smallest absolute Gasteiger partial charge is 0.309 e. The van der Waals surface area contributed by atoms with Crippen LogP contribution in [0.2, 0.25) is 0 Å². The molecule has 0 aliphatic heterocycles. The third-order valence-electron chi connectivity index (χ3n) is 1.32. The van der Waals surface area contributed by atoms with Crippen molar-refractivity contribution in [2.45, 2.75) is 13.3 Å². The highest BCUT2D eigenvalue weighted by atomic mass is 79.9. The van der Waals surface area contributed by atoms with Crippen molar-refractivity contribution in [1.29, 1.82) is 0 Å². The molecule has 12 heavy (non-hydrogen) atoms. The quantitative estimate of drug-likeness (QED) is 0.787. The highest BCUT2D eigenvalue weighted by Crippen LogP contribution is 2.10. The summed E-state index contributed by atoms with van der Waals surface area (Å²) in [6.45, 7) is 1.90. The first-order valence-corrected chi connectivity index (χ1v) is 4.22. The van der Waals surface area contributed by atoms with Crippen LogP contribution in [0, 0.1) is 6.92 Å². The normalized spacial score (nSPS) is 9.83. The second kappa shape index (κ2) is 3.67. The minimum absolute atomic E-state index is 0.0275. The molecule has 1 aromatic rings. The lowest BCUT2D eigenvalue weighted by atomic mass is 10.2. The minimum atomic E-state index is -0.861. The van der Waals surface area contributed by atoms with Crippen LogP contribution in [0.1, 0.15) is 11.3 Å². The Hall–Kier alpha value is -0.900. The van der Waals surface area contributed by atoms with E-state index in [0.717, 1.165) is 5.56 Å². The molecule has 1 rings (SSSR count). The first kappa shape index (κ1) is 9.19. The van der Waals surface area contributed by atoms with Crippen LogP contribution in [0.3, 0.4) is 0 Å². The lowest BCUT2D eigenvalue weighted by molar-refractivity contribution is -0.136. The maximum absolute atomic E-state index is 10.3. The van der Waals surface area contributed by atoms with E-state index in [9.17, 15) is 4.79 Å². The Morgan fingerprint density at radius 1 is 1.67 bits per heavy atom.